The molecule has 3 heteroatoms. The number of nitrogens with one attached hydrogen (secondary N) is 1. The summed E-state index contributed by atoms with van der Waals surface area (Å²) in [6.45, 7) is 0. The molecule has 104 valence electrons. The van der Waals surface area contributed by atoms with Crippen molar-refractivity contribution in [3.8, 4) is 0 Å². The lowest BCUT2D eigenvalue weighted by molar-refractivity contribution is 0.259. The highest BCUT2D eigenvalue weighted by Crippen LogP contribution is 2.34. The maximum absolute atomic E-state index is 12.8. The van der Waals surface area contributed by atoms with Crippen LogP contribution in [0.1, 0.15) is 0 Å². The molecule has 0 radical (unpaired) electrons. The Bertz CT molecular complexity index is 613. The molecule has 2 aromatic carbocycles. The van der Waals surface area contributed by atoms with Gasteiger partial charge in [0.1, 0.15) is 0 Å². The summed E-state index contributed by atoms with van der Waals surface area (Å²) in [5.74, 6) is 0. The zero-order valence-corrected chi connectivity index (χ0v) is 12.4. The fourth-order valence-electron chi connectivity index (χ4n) is 2.27. The molecule has 2 aromatic rings. The van der Waals surface area contributed by atoms with E-state index in [0.29, 0.717) is 0 Å². The van der Waals surface area contributed by atoms with Crippen molar-refractivity contribution in [3.63, 3.8) is 0 Å². The average Bonchev–Trinajstić information content (AvgIpc) is 3.02. The molecule has 21 heavy (non-hydrogen) atoms. The average molecular weight is 293 g/mol. The summed E-state index contributed by atoms with van der Waals surface area (Å²) in [6.07, 6.45) is 7.89. The lowest BCUT2D eigenvalue weighted by atomic mass is 10.3. The van der Waals surface area contributed by atoms with Crippen LogP contribution in [0.15, 0.2) is 85.0 Å². The fourth-order valence-corrected chi connectivity index (χ4v) is 4.26. The minimum atomic E-state index is -1.05. The smallest absolute Gasteiger partial charge is 0.250 e. The molecule has 0 saturated carbocycles. The van der Waals surface area contributed by atoms with Gasteiger partial charge in [0.2, 0.25) is 0 Å². The minimum Gasteiger partial charge on any atom is -0.342 e. The van der Waals surface area contributed by atoms with Gasteiger partial charge in [-0.1, -0.05) is 85.0 Å². The van der Waals surface area contributed by atoms with Crippen molar-refractivity contribution < 1.29 is 4.79 Å². The predicted octanol–water partition coefficient (Wildman–Crippen LogP) is 3.32. The molecule has 0 spiro atoms. The van der Waals surface area contributed by atoms with Crippen LogP contribution in [0.25, 0.3) is 0 Å². The van der Waals surface area contributed by atoms with E-state index < -0.39 is 7.92 Å². The first kappa shape index (κ1) is 13.8. The summed E-state index contributed by atoms with van der Waals surface area (Å²) in [7, 11) is -1.05. The summed E-state index contributed by atoms with van der Waals surface area (Å²) in [5.41, 5.74) is 0.0867. The van der Waals surface area contributed by atoms with E-state index in [1.807, 2.05) is 85.0 Å². The van der Waals surface area contributed by atoms with Crippen molar-refractivity contribution in [1.29, 1.82) is 0 Å². The molecule has 0 aromatic heterocycles. The third-order valence-electron chi connectivity index (χ3n) is 3.27. The van der Waals surface area contributed by atoms with Crippen LogP contribution >= 0.6 is 7.92 Å². The second-order valence-electron chi connectivity index (χ2n) is 4.75. The molecule has 1 N–H and O–H groups in total. The van der Waals surface area contributed by atoms with Gasteiger partial charge in [0.25, 0.3) is 5.65 Å². The summed E-state index contributed by atoms with van der Waals surface area (Å²) >= 11 is 0. The summed E-state index contributed by atoms with van der Waals surface area (Å²) < 4.78 is 0. The summed E-state index contributed by atoms with van der Waals surface area (Å²) in [5, 5.41) is 5.24. The van der Waals surface area contributed by atoms with E-state index in [1.54, 1.807) is 0 Å². The quantitative estimate of drug-likeness (QED) is 0.861. The number of hydrogen-bond donors (Lipinski definition) is 1. The number of allylic oxidation sites excluding steroid dienone is 2. The first-order valence-corrected chi connectivity index (χ1v) is 8.24. The number of benzene rings is 2. The SMILES string of the molecule is O=C(NC1C=CC=C1)P(c1ccccc1)c1ccccc1. The number of hydrogen-bond acceptors (Lipinski definition) is 1. The van der Waals surface area contributed by atoms with E-state index in [0.717, 1.165) is 10.6 Å². The first-order chi connectivity index (χ1) is 10.3. The molecule has 0 saturated heterocycles. The highest BCUT2D eigenvalue weighted by molar-refractivity contribution is 7.87. The Morgan fingerprint density at radius 2 is 1.29 bits per heavy atom. The molecule has 1 amide bonds. The lowest BCUT2D eigenvalue weighted by Gasteiger charge is -2.19. The van der Waals surface area contributed by atoms with Gasteiger partial charge in [0, 0.05) is 0 Å². The van der Waals surface area contributed by atoms with Crippen LogP contribution in [0.4, 0.5) is 4.79 Å². The van der Waals surface area contributed by atoms with Crippen molar-refractivity contribution in [2.75, 3.05) is 0 Å². The molecule has 0 aliphatic heterocycles. The Hall–Kier alpha value is -2.18. The Balaban J connectivity index is 1.90. The number of rotatable bonds is 4. The van der Waals surface area contributed by atoms with Crippen molar-refractivity contribution in [2.24, 2.45) is 0 Å². The summed E-state index contributed by atoms with van der Waals surface area (Å²) in [4.78, 5) is 12.8. The van der Waals surface area contributed by atoms with Crippen molar-refractivity contribution >= 4 is 24.2 Å². The van der Waals surface area contributed by atoms with Crippen LogP contribution in [0.5, 0.6) is 0 Å². The van der Waals surface area contributed by atoms with Gasteiger partial charge < -0.3 is 5.32 Å². The molecule has 1 aliphatic rings. The van der Waals surface area contributed by atoms with Gasteiger partial charge in [-0.05, 0) is 10.6 Å². The highest BCUT2D eigenvalue weighted by Gasteiger charge is 2.23. The molecule has 1 aliphatic carbocycles. The van der Waals surface area contributed by atoms with Crippen LogP contribution in [-0.2, 0) is 0 Å². The number of carbonyl (C=O) groups excluding carboxylic acids is 1. The zero-order chi connectivity index (χ0) is 14.5. The van der Waals surface area contributed by atoms with Gasteiger partial charge in [0.15, 0.2) is 0 Å². The second-order valence-corrected chi connectivity index (χ2v) is 6.86. The van der Waals surface area contributed by atoms with E-state index in [9.17, 15) is 4.79 Å². The standard InChI is InChI=1S/C18H16NOP/c20-18(19-15-9-7-8-10-15)21(16-11-3-1-4-12-16)17-13-5-2-6-14-17/h1-15H,(H,19,20). The molecule has 0 heterocycles. The molecule has 2 nitrogen and oxygen atoms in total. The monoisotopic (exact) mass is 293 g/mol. The minimum absolute atomic E-state index is 0.00919. The zero-order valence-electron chi connectivity index (χ0n) is 11.5. The molecular weight excluding hydrogens is 277 g/mol. The maximum atomic E-state index is 12.8. The van der Waals surface area contributed by atoms with Gasteiger partial charge in [-0.3, -0.25) is 4.79 Å². The Morgan fingerprint density at radius 3 is 1.76 bits per heavy atom. The Labute approximate surface area is 126 Å². The van der Waals surface area contributed by atoms with Crippen LogP contribution in [0.2, 0.25) is 0 Å². The number of carbonyl (C=O) groups is 1. The van der Waals surface area contributed by atoms with E-state index in [2.05, 4.69) is 5.32 Å². The third kappa shape index (κ3) is 3.29. The van der Waals surface area contributed by atoms with Crippen LogP contribution in [0, 0.1) is 0 Å². The molecule has 3 rings (SSSR count). The largest absolute Gasteiger partial charge is 0.342 e. The normalized spacial score (nSPS) is 13.8. The van der Waals surface area contributed by atoms with Crippen LogP contribution in [0.3, 0.4) is 0 Å². The maximum Gasteiger partial charge on any atom is 0.250 e. The Kier molecular flexibility index (Phi) is 4.28. The second kappa shape index (κ2) is 6.51. The molecule has 0 unspecified atom stereocenters. The van der Waals surface area contributed by atoms with Gasteiger partial charge in [-0.25, -0.2) is 0 Å². The van der Waals surface area contributed by atoms with E-state index in [1.165, 1.54) is 0 Å². The highest BCUT2D eigenvalue weighted by atomic mass is 31.1. The molecule has 0 atom stereocenters. The predicted molar refractivity (Wildman–Crippen MR) is 89.7 cm³/mol. The van der Waals surface area contributed by atoms with Gasteiger partial charge in [-0.2, -0.15) is 0 Å². The van der Waals surface area contributed by atoms with Crippen molar-refractivity contribution in [3.05, 3.63) is 85.0 Å². The van der Waals surface area contributed by atoms with E-state index >= 15 is 0 Å². The van der Waals surface area contributed by atoms with Gasteiger partial charge in [0.05, 0.1) is 14.0 Å². The van der Waals surface area contributed by atoms with Crippen LogP contribution in [-0.4, -0.2) is 11.7 Å². The molecule has 0 fully saturated rings. The van der Waals surface area contributed by atoms with Crippen molar-refractivity contribution in [2.45, 2.75) is 6.04 Å². The topological polar surface area (TPSA) is 29.1 Å². The first-order valence-electron chi connectivity index (χ1n) is 6.90. The van der Waals surface area contributed by atoms with E-state index in [-0.39, 0.29) is 11.7 Å². The molecule has 0 bridgehead atoms. The van der Waals surface area contributed by atoms with Crippen molar-refractivity contribution in [1.82, 2.24) is 5.32 Å². The lowest BCUT2D eigenvalue weighted by Crippen LogP contribution is -2.33. The number of amides is 1. The fraction of sp³-hybridized carbons (Fsp3) is 0.0556. The van der Waals surface area contributed by atoms with Gasteiger partial charge >= 0.3 is 0 Å². The van der Waals surface area contributed by atoms with Gasteiger partial charge in [-0.15, -0.1) is 0 Å². The molecular formula is C18H16NOP. The van der Waals surface area contributed by atoms with Crippen LogP contribution < -0.4 is 15.9 Å². The third-order valence-corrected chi connectivity index (χ3v) is 5.43. The summed E-state index contributed by atoms with van der Waals surface area (Å²) in [6, 6.07) is 20.0. The van der Waals surface area contributed by atoms with E-state index in [4.69, 9.17) is 0 Å². The Morgan fingerprint density at radius 1 is 0.810 bits per heavy atom.